The van der Waals surface area contributed by atoms with Gasteiger partial charge in [-0.2, -0.15) is 0 Å². The number of hydrogen-bond donors (Lipinski definition) is 1. The molecule has 5 nitrogen and oxygen atoms in total. The second-order valence-corrected chi connectivity index (χ2v) is 4.22. The van der Waals surface area contributed by atoms with E-state index in [0.29, 0.717) is 13.1 Å². The van der Waals surface area contributed by atoms with Crippen LogP contribution in [0.2, 0.25) is 0 Å². The molecular weight excluding hydrogens is 265 g/mol. The first kappa shape index (κ1) is 15.9. The zero-order chi connectivity index (χ0) is 15.3. The molecule has 0 bridgehead atoms. The minimum absolute atomic E-state index is 0.136. The highest BCUT2D eigenvalue weighted by atomic mass is 19.1. The SMILES string of the molecule is CCN(CC)C(=O)C(C)Oc1ccc(C(=O)O)cc1F. The van der Waals surface area contributed by atoms with E-state index in [0.717, 1.165) is 6.07 Å². The summed E-state index contributed by atoms with van der Waals surface area (Å²) >= 11 is 0. The zero-order valence-electron chi connectivity index (χ0n) is 11.7. The molecule has 1 unspecified atom stereocenters. The van der Waals surface area contributed by atoms with Gasteiger partial charge >= 0.3 is 5.97 Å². The number of benzene rings is 1. The standard InChI is InChI=1S/C14H18FNO4/c1-4-16(5-2)13(17)9(3)20-12-7-6-10(14(18)19)8-11(12)15/h6-9H,4-5H2,1-3H3,(H,18,19). The molecule has 1 atom stereocenters. The van der Waals surface area contributed by atoms with Gasteiger partial charge < -0.3 is 14.7 Å². The van der Waals surface area contributed by atoms with Crippen LogP contribution in [-0.2, 0) is 4.79 Å². The van der Waals surface area contributed by atoms with Gasteiger partial charge in [0.2, 0.25) is 0 Å². The molecule has 1 aromatic rings. The molecule has 0 spiro atoms. The molecule has 0 saturated heterocycles. The first-order valence-corrected chi connectivity index (χ1v) is 6.38. The van der Waals surface area contributed by atoms with E-state index in [1.54, 1.807) is 4.90 Å². The van der Waals surface area contributed by atoms with E-state index in [9.17, 15) is 14.0 Å². The molecule has 0 radical (unpaired) electrons. The van der Waals surface area contributed by atoms with Gasteiger partial charge in [-0.1, -0.05) is 0 Å². The average Bonchev–Trinajstić information content (AvgIpc) is 2.41. The van der Waals surface area contributed by atoms with Gasteiger partial charge in [0.25, 0.3) is 5.91 Å². The van der Waals surface area contributed by atoms with Gasteiger partial charge in [-0.05, 0) is 39.0 Å². The largest absolute Gasteiger partial charge is 0.478 e. The molecule has 1 aromatic carbocycles. The number of hydrogen-bond acceptors (Lipinski definition) is 3. The molecule has 1 rings (SSSR count). The first-order valence-electron chi connectivity index (χ1n) is 6.38. The molecule has 20 heavy (non-hydrogen) atoms. The van der Waals surface area contributed by atoms with Gasteiger partial charge in [-0.25, -0.2) is 9.18 Å². The number of carboxylic acids is 1. The number of rotatable bonds is 6. The van der Waals surface area contributed by atoms with Gasteiger partial charge in [0.15, 0.2) is 17.7 Å². The fraction of sp³-hybridized carbons (Fsp3) is 0.429. The predicted molar refractivity (Wildman–Crippen MR) is 71.4 cm³/mol. The molecule has 0 fully saturated rings. The van der Waals surface area contributed by atoms with E-state index >= 15 is 0 Å². The summed E-state index contributed by atoms with van der Waals surface area (Å²) in [6, 6.07) is 3.31. The van der Waals surface area contributed by atoms with E-state index in [1.807, 2.05) is 13.8 Å². The van der Waals surface area contributed by atoms with Gasteiger partial charge in [0, 0.05) is 13.1 Å². The van der Waals surface area contributed by atoms with Crippen molar-refractivity contribution in [2.45, 2.75) is 26.9 Å². The predicted octanol–water partition coefficient (Wildman–Crippen LogP) is 2.16. The van der Waals surface area contributed by atoms with Crippen LogP contribution in [0.3, 0.4) is 0 Å². The Morgan fingerprint density at radius 2 is 1.95 bits per heavy atom. The van der Waals surface area contributed by atoms with Crippen molar-refractivity contribution in [3.05, 3.63) is 29.6 Å². The summed E-state index contributed by atoms with van der Waals surface area (Å²) in [7, 11) is 0. The first-order chi connectivity index (χ1) is 9.40. The van der Waals surface area contributed by atoms with Crippen LogP contribution in [0.1, 0.15) is 31.1 Å². The summed E-state index contributed by atoms with van der Waals surface area (Å²) in [6.07, 6.45) is -0.833. The minimum atomic E-state index is -1.22. The number of amides is 1. The lowest BCUT2D eigenvalue weighted by molar-refractivity contribution is -0.137. The van der Waals surface area contributed by atoms with Crippen molar-refractivity contribution >= 4 is 11.9 Å². The molecule has 0 aliphatic rings. The highest BCUT2D eigenvalue weighted by Gasteiger charge is 2.21. The smallest absolute Gasteiger partial charge is 0.335 e. The Morgan fingerprint density at radius 3 is 2.40 bits per heavy atom. The molecule has 6 heteroatoms. The maximum atomic E-state index is 13.7. The Kier molecular flexibility index (Phi) is 5.49. The lowest BCUT2D eigenvalue weighted by Gasteiger charge is -2.23. The second kappa shape index (κ2) is 6.88. The van der Waals surface area contributed by atoms with Crippen LogP contribution in [0.15, 0.2) is 18.2 Å². The normalized spacial score (nSPS) is 11.8. The minimum Gasteiger partial charge on any atom is -0.478 e. The molecule has 0 aromatic heterocycles. The number of carbonyl (C=O) groups excluding carboxylic acids is 1. The van der Waals surface area contributed by atoms with Gasteiger partial charge in [-0.3, -0.25) is 4.79 Å². The number of carboxylic acid groups (broad SMARTS) is 1. The maximum Gasteiger partial charge on any atom is 0.335 e. The Labute approximate surface area is 117 Å². The van der Waals surface area contributed by atoms with Crippen LogP contribution in [-0.4, -0.2) is 41.1 Å². The topological polar surface area (TPSA) is 66.8 Å². The molecular formula is C14H18FNO4. The second-order valence-electron chi connectivity index (χ2n) is 4.22. The van der Waals surface area contributed by atoms with Crippen molar-refractivity contribution in [1.82, 2.24) is 4.90 Å². The van der Waals surface area contributed by atoms with Crippen molar-refractivity contribution in [3.8, 4) is 5.75 Å². The Morgan fingerprint density at radius 1 is 1.35 bits per heavy atom. The highest BCUT2D eigenvalue weighted by Crippen LogP contribution is 2.20. The molecule has 0 aliphatic heterocycles. The third-order valence-corrected chi connectivity index (χ3v) is 2.91. The van der Waals surface area contributed by atoms with Crippen molar-refractivity contribution in [3.63, 3.8) is 0 Å². The van der Waals surface area contributed by atoms with Crippen molar-refractivity contribution < 1.29 is 23.8 Å². The summed E-state index contributed by atoms with van der Waals surface area (Å²) in [5, 5.41) is 8.74. The monoisotopic (exact) mass is 283 g/mol. The Hall–Kier alpha value is -2.11. The maximum absolute atomic E-state index is 13.7. The van der Waals surface area contributed by atoms with Crippen LogP contribution in [0.4, 0.5) is 4.39 Å². The lowest BCUT2D eigenvalue weighted by atomic mass is 10.2. The number of likely N-dealkylation sites (N-methyl/N-ethyl adjacent to an activating group) is 1. The van der Waals surface area contributed by atoms with Gasteiger partial charge in [-0.15, -0.1) is 0 Å². The van der Waals surface area contributed by atoms with Gasteiger partial charge in [0.1, 0.15) is 0 Å². The number of nitrogens with zero attached hydrogens (tertiary/aromatic N) is 1. The lowest BCUT2D eigenvalue weighted by Crippen LogP contribution is -2.40. The molecule has 110 valence electrons. The third-order valence-electron chi connectivity index (χ3n) is 2.91. The molecule has 0 aliphatic carbocycles. The van der Waals surface area contributed by atoms with Crippen molar-refractivity contribution in [2.75, 3.05) is 13.1 Å². The van der Waals surface area contributed by atoms with Crippen LogP contribution in [0, 0.1) is 5.82 Å². The van der Waals surface area contributed by atoms with E-state index in [4.69, 9.17) is 9.84 Å². The van der Waals surface area contributed by atoms with Crippen LogP contribution in [0.5, 0.6) is 5.75 Å². The summed E-state index contributed by atoms with van der Waals surface area (Å²) in [5.74, 6) is -2.40. The fourth-order valence-corrected chi connectivity index (χ4v) is 1.76. The highest BCUT2D eigenvalue weighted by molar-refractivity contribution is 5.87. The van der Waals surface area contributed by atoms with E-state index in [-0.39, 0.29) is 17.2 Å². The zero-order valence-corrected chi connectivity index (χ0v) is 11.7. The molecule has 1 N–H and O–H groups in total. The summed E-state index contributed by atoms with van der Waals surface area (Å²) < 4.78 is 19.0. The number of carbonyl (C=O) groups is 2. The van der Waals surface area contributed by atoms with E-state index in [1.165, 1.54) is 19.1 Å². The summed E-state index contributed by atoms with van der Waals surface area (Å²) in [5.41, 5.74) is -0.169. The Bertz CT molecular complexity index is 500. The van der Waals surface area contributed by atoms with Crippen molar-refractivity contribution in [1.29, 1.82) is 0 Å². The summed E-state index contributed by atoms with van der Waals surface area (Å²) in [4.78, 5) is 24.3. The van der Waals surface area contributed by atoms with Crippen LogP contribution in [0.25, 0.3) is 0 Å². The van der Waals surface area contributed by atoms with Crippen LogP contribution < -0.4 is 4.74 Å². The quantitative estimate of drug-likeness (QED) is 0.868. The summed E-state index contributed by atoms with van der Waals surface area (Å²) in [6.45, 7) is 6.31. The van der Waals surface area contributed by atoms with Crippen molar-refractivity contribution in [2.24, 2.45) is 0 Å². The molecule has 0 heterocycles. The Balaban J connectivity index is 2.83. The van der Waals surface area contributed by atoms with E-state index < -0.39 is 17.9 Å². The number of halogens is 1. The molecule has 0 saturated carbocycles. The average molecular weight is 283 g/mol. The third kappa shape index (κ3) is 3.69. The number of aromatic carboxylic acids is 1. The fourth-order valence-electron chi connectivity index (χ4n) is 1.76. The number of ether oxygens (including phenoxy) is 1. The molecule has 1 amide bonds. The van der Waals surface area contributed by atoms with E-state index in [2.05, 4.69) is 0 Å². The van der Waals surface area contributed by atoms with Crippen LogP contribution >= 0.6 is 0 Å². The van der Waals surface area contributed by atoms with Gasteiger partial charge in [0.05, 0.1) is 5.56 Å².